The fourth-order valence-corrected chi connectivity index (χ4v) is 1.43. The van der Waals surface area contributed by atoms with Crippen molar-refractivity contribution in [3.05, 3.63) is 47.7 Å². The molecule has 0 aliphatic heterocycles. The molecule has 2 N–H and O–H groups in total. The van der Waals surface area contributed by atoms with Gasteiger partial charge in [-0.25, -0.2) is 13.8 Å². The van der Waals surface area contributed by atoms with E-state index in [4.69, 9.17) is 0 Å². The van der Waals surface area contributed by atoms with Crippen molar-refractivity contribution in [1.29, 1.82) is 0 Å². The molecule has 0 saturated heterocycles. The molecule has 0 aliphatic carbocycles. The average Bonchev–Trinajstić information content (AvgIpc) is 2.38. The number of rotatable bonds is 4. The monoisotopic (exact) mass is 250 g/mol. The summed E-state index contributed by atoms with van der Waals surface area (Å²) in [6.45, 7) is 0.228. The Hall–Kier alpha value is -2.24. The molecule has 2 rings (SSSR count). The molecule has 2 aromatic rings. The third-order valence-electron chi connectivity index (χ3n) is 2.35. The van der Waals surface area contributed by atoms with Crippen molar-refractivity contribution in [2.75, 3.05) is 17.7 Å². The lowest BCUT2D eigenvalue weighted by Gasteiger charge is -2.07. The highest BCUT2D eigenvalue weighted by Crippen LogP contribution is 2.12. The molecule has 18 heavy (non-hydrogen) atoms. The first-order valence-electron chi connectivity index (χ1n) is 5.37. The Labute approximate surface area is 103 Å². The van der Waals surface area contributed by atoms with E-state index >= 15 is 0 Å². The van der Waals surface area contributed by atoms with Gasteiger partial charge in [0, 0.05) is 31.4 Å². The summed E-state index contributed by atoms with van der Waals surface area (Å²) in [5, 5.41) is 5.74. The summed E-state index contributed by atoms with van der Waals surface area (Å²) in [5.74, 6) is -0.126. The summed E-state index contributed by atoms with van der Waals surface area (Å²) in [6, 6.07) is 5.15. The second-order valence-electron chi connectivity index (χ2n) is 3.60. The van der Waals surface area contributed by atoms with Crippen LogP contribution in [-0.4, -0.2) is 17.0 Å². The van der Waals surface area contributed by atoms with Crippen LogP contribution in [0.15, 0.2) is 30.5 Å². The van der Waals surface area contributed by atoms with E-state index in [1.54, 1.807) is 19.3 Å². The second kappa shape index (κ2) is 5.39. The van der Waals surface area contributed by atoms with Crippen molar-refractivity contribution < 1.29 is 8.78 Å². The summed E-state index contributed by atoms with van der Waals surface area (Å²) >= 11 is 0. The van der Waals surface area contributed by atoms with Gasteiger partial charge in [-0.15, -0.1) is 0 Å². The SMILES string of the molecule is CNc1nccc(NCc2ccc(F)cc2F)n1. The molecule has 0 aliphatic rings. The van der Waals surface area contributed by atoms with E-state index in [0.717, 1.165) is 6.07 Å². The first-order valence-corrected chi connectivity index (χ1v) is 5.37. The number of anilines is 2. The minimum atomic E-state index is -0.587. The van der Waals surface area contributed by atoms with E-state index in [0.29, 0.717) is 17.3 Å². The molecule has 0 spiro atoms. The van der Waals surface area contributed by atoms with E-state index in [1.165, 1.54) is 12.1 Å². The van der Waals surface area contributed by atoms with Crippen LogP contribution in [0.1, 0.15) is 5.56 Å². The Kier molecular flexibility index (Phi) is 3.66. The van der Waals surface area contributed by atoms with Gasteiger partial charge in [-0.1, -0.05) is 6.07 Å². The van der Waals surface area contributed by atoms with Gasteiger partial charge in [0.15, 0.2) is 0 Å². The van der Waals surface area contributed by atoms with Crippen molar-refractivity contribution in [2.45, 2.75) is 6.54 Å². The molecule has 0 fully saturated rings. The molecule has 1 aromatic carbocycles. The Balaban J connectivity index is 2.06. The number of nitrogens with one attached hydrogen (secondary N) is 2. The van der Waals surface area contributed by atoms with Gasteiger partial charge >= 0.3 is 0 Å². The lowest BCUT2D eigenvalue weighted by Crippen LogP contribution is -2.05. The molecule has 0 bridgehead atoms. The molecule has 6 heteroatoms. The molecule has 0 amide bonds. The van der Waals surface area contributed by atoms with Crippen molar-refractivity contribution in [3.63, 3.8) is 0 Å². The topological polar surface area (TPSA) is 49.8 Å². The van der Waals surface area contributed by atoms with Crippen molar-refractivity contribution in [2.24, 2.45) is 0 Å². The van der Waals surface area contributed by atoms with E-state index < -0.39 is 11.6 Å². The first kappa shape index (κ1) is 12.2. The summed E-state index contributed by atoms with van der Waals surface area (Å²) in [7, 11) is 1.71. The molecular formula is C12H12F2N4. The number of hydrogen-bond donors (Lipinski definition) is 2. The normalized spacial score (nSPS) is 10.2. The quantitative estimate of drug-likeness (QED) is 0.874. The number of benzene rings is 1. The molecule has 1 aromatic heterocycles. The summed E-state index contributed by atoms with van der Waals surface area (Å²) in [4.78, 5) is 8.08. The molecule has 1 heterocycles. The molecule has 0 radical (unpaired) electrons. The Morgan fingerprint density at radius 3 is 2.78 bits per heavy atom. The van der Waals surface area contributed by atoms with Crippen molar-refractivity contribution >= 4 is 11.8 Å². The average molecular weight is 250 g/mol. The van der Waals surface area contributed by atoms with Crippen LogP contribution in [0.2, 0.25) is 0 Å². The second-order valence-corrected chi connectivity index (χ2v) is 3.60. The fraction of sp³-hybridized carbons (Fsp3) is 0.167. The Morgan fingerprint density at radius 2 is 2.06 bits per heavy atom. The maximum Gasteiger partial charge on any atom is 0.224 e. The maximum absolute atomic E-state index is 13.4. The van der Waals surface area contributed by atoms with Crippen LogP contribution in [0.25, 0.3) is 0 Å². The smallest absolute Gasteiger partial charge is 0.224 e. The zero-order valence-corrected chi connectivity index (χ0v) is 9.74. The predicted octanol–water partition coefficient (Wildman–Crippen LogP) is 2.41. The van der Waals surface area contributed by atoms with Gasteiger partial charge in [0.05, 0.1) is 0 Å². The third kappa shape index (κ3) is 2.91. The Morgan fingerprint density at radius 1 is 1.22 bits per heavy atom. The minimum absolute atomic E-state index is 0.228. The van der Waals surface area contributed by atoms with Gasteiger partial charge in [0.25, 0.3) is 0 Å². The highest BCUT2D eigenvalue weighted by Gasteiger charge is 2.04. The Bertz CT molecular complexity index is 545. The number of nitrogens with zero attached hydrogens (tertiary/aromatic N) is 2. The van der Waals surface area contributed by atoms with E-state index in [1.807, 2.05) is 0 Å². The molecule has 0 atom stereocenters. The molecule has 4 nitrogen and oxygen atoms in total. The van der Waals surface area contributed by atoms with Crippen LogP contribution >= 0.6 is 0 Å². The van der Waals surface area contributed by atoms with Crippen molar-refractivity contribution in [1.82, 2.24) is 9.97 Å². The summed E-state index contributed by atoms with van der Waals surface area (Å²) in [6.07, 6.45) is 1.59. The van der Waals surface area contributed by atoms with Crippen LogP contribution < -0.4 is 10.6 Å². The lowest BCUT2D eigenvalue weighted by molar-refractivity contribution is 0.574. The van der Waals surface area contributed by atoms with Crippen LogP contribution in [0, 0.1) is 11.6 Å². The molecule has 0 unspecified atom stereocenters. The van der Waals surface area contributed by atoms with Crippen molar-refractivity contribution in [3.8, 4) is 0 Å². The maximum atomic E-state index is 13.4. The highest BCUT2D eigenvalue weighted by molar-refractivity contribution is 5.40. The first-order chi connectivity index (χ1) is 8.69. The number of aromatic nitrogens is 2. The fourth-order valence-electron chi connectivity index (χ4n) is 1.43. The van der Waals surface area contributed by atoms with Gasteiger partial charge in [0.1, 0.15) is 17.5 Å². The number of halogens is 2. The largest absolute Gasteiger partial charge is 0.366 e. The highest BCUT2D eigenvalue weighted by atomic mass is 19.1. The third-order valence-corrected chi connectivity index (χ3v) is 2.35. The van der Waals surface area contributed by atoms with Crippen LogP contribution in [0.5, 0.6) is 0 Å². The molecule has 0 saturated carbocycles. The van der Waals surface area contributed by atoms with Gasteiger partial charge in [-0.05, 0) is 12.1 Å². The standard InChI is InChI=1S/C12H12F2N4/c1-15-12-16-5-4-11(18-12)17-7-8-2-3-9(13)6-10(8)14/h2-6H,7H2,1H3,(H2,15,16,17,18). The van der Waals surface area contributed by atoms with Gasteiger partial charge in [-0.3, -0.25) is 0 Å². The van der Waals surface area contributed by atoms with E-state index in [9.17, 15) is 8.78 Å². The van der Waals surface area contributed by atoms with Crippen LogP contribution in [0.3, 0.4) is 0 Å². The van der Waals surface area contributed by atoms with E-state index in [-0.39, 0.29) is 6.54 Å². The van der Waals surface area contributed by atoms with Crippen LogP contribution in [-0.2, 0) is 6.54 Å². The zero-order valence-electron chi connectivity index (χ0n) is 9.74. The predicted molar refractivity (Wildman–Crippen MR) is 65.3 cm³/mol. The van der Waals surface area contributed by atoms with Gasteiger partial charge in [0.2, 0.25) is 5.95 Å². The van der Waals surface area contributed by atoms with Crippen LogP contribution in [0.4, 0.5) is 20.5 Å². The van der Waals surface area contributed by atoms with Gasteiger partial charge < -0.3 is 10.6 Å². The summed E-state index contributed by atoms with van der Waals surface area (Å²) < 4.78 is 26.1. The van der Waals surface area contributed by atoms with E-state index in [2.05, 4.69) is 20.6 Å². The summed E-state index contributed by atoms with van der Waals surface area (Å²) in [5.41, 5.74) is 0.376. The zero-order chi connectivity index (χ0) is 13.0. The lowest BCUT2D eigenvalue weighted by atomic mass is 10.2. The number of hydrogen-bond acceptors (Lipinski definition) is 4. The molecule has 94 valence electrons. The molecular weight excluding hydrogens is 238 g/mol. The minimum Gasteiger partial charge on any atom is -0.366 e. The van der Waals surface area contributed by atoms with Gasteiger partial charge in [-0.2, -0.15) is 4.98 Å².